The van der Waals surface area contributed by atoms with Gasteiger partial charge < -0.3 is 10.5 Å². The van der Waals surface area contributed by atoms with Crippen LogP contribution in [0.1, 0.15) is 26.2 Å². The summed E-state index contributed by atoms with van der Waals surface area (Å²) in [6.07, 6.45) is 3.71. The van der Waals surface area contributed by atoms with E-state index in [1.165, 1.54) is 19.3 Å². The predicted molar refractivity (Wildman–Crippen MR) is 65.5 cm³/mol. The normalized spacial score (nSPS) is 10.3. The van der Waals surface area contributed by atoms with Gasteiger partial charge in [-0.3, -0.25) is 0 Å². The van der Waals surface area contributed by atoms with Gasteiger partial charge in [-0.2, -0.15) is 0 Å². The molecule has 4 heteroatoms. The number of rotatable bonds is 6. The van der Waals surface area contributed by atoms with Gasteiger partial charge in [0.25, 0.3) is 0 Å². The second-order valence-corrected chi connectivity index (χ2v) is 4.39. The molecule has 1 rings (SSSR count). The van der Waals surface area contributed by atoms with Crippen LogP contribution in [0.25, 0.3) is 0 Å². The molecule has 1 aromatic heterocycles. The van der Waals surface area contributed by atoms with Gasteiger partial charge in [0.15, 0.2) is 0 Å². The van der Waals surface area contributed by atoms with Crippen LogP contribution in [0.5, 0.6) is 5.88 Å². The third kappa shape index (κ3) is 4.00. The first-order chi connectivity index (χ1) is 7.27. The maximum absolute atomic E-state index is 5.82. The summed E-state index contributed by atoms with van der Waals surface area (Å²) in [6.45, 7) is 2.20. The molecule has 0 unspecified atom stereocenters. The molecule has 0 aliphatic heterocycles. The number of anilines is 1. The minimum Gasteiger partial charge on any atom is -0.481 e. The molecule has 0 atom stereocenters. The minimum absolute atomic E-state index is 0.627. The van der Waals surface area contributed by atoms with Crippen LogP contribution in [0.3, 0.4) is 0 Å². The zero-order chi connectivity index (χ0) is 11.1. The lowest BCUT2D eigenvalue weighted by Crippen LogP contribution is -1.95. The van der Waals surface area contributed by atoms with E-state index >= 15 is 0 Å². The highest BCUT2D eigenvalue weighted by atomic mass is 32.2. The Morgan fingerprint density at radius 1 is 1.40 bits per heavy atom. The van der Waals surface area contributed by atoms with Crippen molar-refractivity contribution >= 4 is 17.4 Å². The van der Waals surface area contributed by atoms with E-state index in [9.17, 15) is 0 Å². The summed E-state index contributed by atoms with van der Waals surface area (Å²) < 4.78 is 5.06. The van der Waals surface area contributed by atoms with E-state index in [-0.39, 0.29) is 0 Å². The van der Waals surface area contributed by atoms with Crippen LogP contribution in [-0.4, -0.2) is 17.8 Å². The van der Waals surface area contributed by atoms with Crippen molar-refractivity contribution in [2.75, 3.05) is 18.6 Å². The molecule has 0 aromatic carbocycles. The summed E-state index contributed by atoms with van der Waals surface area (Å²) >= 11 is 1.70. The first kappa shape index (κ1) is 12.2. The molecule has 0 saturated carbocycles. The second-order valence-electron chi connectivity index (χ2n) is 3.30. The van der Waals surface area contributed by atoms with Crippen molar-refractivity contribution in [3.63, 3.8) is 0 Å². The van der Waals surface area contributed by atoms with E-state index in [4.69, 9.17) is 10.5 Å². The Hall–Kier alpha value is -0.900. The largest absolute Gasteiger partial charge is 0.481 e. The lowest BCUT2D eigenvalue weighted by Gasteiger charge is -2.06. The van der Waals surface area contributed by atoms with Crippen LogP contribution in [0, 0.1) is 0 Å². The van der Waals surface area contributed by atoms with Crippen LogP contribution in [0.4, 0.5) is 5.69 Å². The van der Waals surface area contributed by atoms with Crippen LogP contribution in [0.15, 0.2) is 17.2 Å². The number of nitrogens with two attached hydrogens (primary N) is 1. The van der Waals surface area contributed by atoms with E-state index in [2.05, 4.69) is 11.9 Å². The number of hydrogen-bond acceptors (Lipinski definition) is 4. The van der Waals surface area contributed by atoms with E-state index in [1.54, 1.807) is 24.9 Å². The lowest BCUT2D eigenvalue weighted by molar-refractivity contribution is 0.395. The third-order valence-electron chi connectivity index (χ3n) is 2.06. The Kier molecular flexibility index (Phi) is 5.32. The molecule has 2 N–H and O–H groups in total. The zero-order valence-electron chi connectivity index (χ0n) is 9.32. The van der Waals surface area contributed by atoms with Crippen molar-refractivity contribution in [3.8, 4) is 5.88 Å². The predicted octanol–water partition coefficient (Wildman–Crippen LogP) is 2.95. The highest BCUT2D eigenvalue weighted by Gasteiger charge is 2.03. The van der Waals surface area contributed by atoms with Crippen LogP contribution in [0.2, 0.25) is 0 Å². The quantitative estimate of drug-likeness (QED) is 0.598. The molecule has 0 spiro atoms. The summed E-state index contributed by atoms with van der Waals surface area (Å²) in [7, 11) is 1.62. The number of aromatic nitrogens is 1. The Balaban J connectivity index is 2.51. The van der Waals surface area contributed by atoms with Gasteiger partial charge in [-0.05, 0) is 18.2 Å². The summed E-state index contributed by atoms with van der Waals surface area (Å²) in [4.78, 5) is 4.30. The SMILES string of the molecule is CCCCCSc1nc(OC)ccc1N. The molecular formula is C11H18N2OS. The van der Waals surface area contributed by atoms with Gasteiger partial charge in [-0.15, -0.1) is 11.8 Å². The third-order valence-corrected chi connectivity index (χ3v) is 3.15. The standard InChI is InChI=1S/C11H18N2OS/c1-3-4-5-8-15-11-9(12)6-7-10(13-11)14-2/h6-7H,3-5,8,12H2,1-2H3. The van der Waals surface area contributed by atoms with E-state index in [0.717, 1.165) is 16.5 Å². The van der Waals surface area contributed by atoms with Gasteiger partial charge in [0.05, 0.1) is 12.8 Å². The number of hydrogen-bond donors (Lipinski definition) is 1. The van der Waals surface area contributed by atoms with Gasteiger partial charge in [0, 0.05) is 6.07 Å². The Morgan fingerprint density at radius 3 is 2.87 bits per heavy atom. The summed E-state index contributed by atoms with van der Waals surface area (Å²) in [5.41, 5.74) is 6.55. The molecular weight excluding hydrogens is 208 g/mol. The Morgan fingerprint density at radius 2 is 2.20 bits per heavy atom. The second kappa shape index (κ2) is 6.56. The van der Waals surface area contributed by atoms with E-state index < -0.39 is 0 Å². The van der Waals surface area contributed by atoms with Gasteiger partial charge in [-0.25, -0.2) is 4.98 Å². The topological polar surface area (TPSA) is 48.1 Å². The van der Waals surface area contributed by atoms with Crippen molar-refractivity contribution in [3.05, 3.63) is 12.1 Å². The molecule has 0 amide bonds. The van der Waals surface area contributed by atoms with Crippen LogP contribution in [-0.2, 0) is 0 Å². The molecule has 0 saturated heterocycles. The van der Waals surface area contributed by atoms with Crippen molar-refractivity contribution in [2.45, 2.75) is 31.2 Å². The number of thioether (sulfide) groups is 1. The molecule has 0 aliphatic carbocycles. The Labute approximate surface area is 95.4 Å². The van der Waals surface area contributed by atoms with Gasteiger partial charge in [-0.1, -0.05) is 19.8 Å². The molecule has 0 bridgehead atoms. The van der Waals surface area contributed by atoms with Gasteiger partial charge in [0.1, 0.15) is 5.03 Å². The fourth-order valence-corrected chi connectivity index (χ4v) is 2.12. The smallest absolute Gasteiger partial charge is 0.214 e. The molecule has 0 fully saturated rings. The number of pyridine rings is 1. The molecule has 15 heavy (non-hydrogen) atoms. The van der Waals surface area contributed by atoms with E-state index in [1.807, 2.05) is 6.07 Å². The van der Waals surface area contributed by atoms with E-state index in [0.29, 0.717) is 5.88 Å². The number of nitrogen functional groups attached to an aromatic ring is 1. The number of methoxy groups -OCH3 is 1. The summed E-state index contributed by atoms with van der Waals surface area (Å²) in [5.74, 6) is 1.69. The zero-order valence-corrected chi connectivity index (χ0v) is 10.1. The average Bonchev–Trinajstić information content (AvgIpc) is 2.26. The maximum Gasteiger partial charge on any atom is 0.214 e. The van der Waals surface area contributed by atoms with Crippen molar-refractivity contribution in [1.29, 1.82) is 0 Å². The van der Waals surface area contributed by atoms with Gasteiger partial charge in [0.2, 0.25) is 5.88 Å². The number of ether oxygens (including phenoxy) is 1. The maximum atomic E-state index is 5.82. The van der Waals surface area contributed by atoms with Crippen molar-refractivity contribution in [2.24, 2.45) is 0 Å². The molecule has 3 nitrogen and oxygen atoms in total. The Bertz CT molecular complexity index is 305. The highest BCUT2D eigenvalue weighted by Crippen LogP contribution is 2.26. The number of unbranched alkanes of at least 4 members (excludes halogenated alkanes) is 2. The molecule has 1 heterocycles. The molecule has 1 aromatic rings. The number of nitrogens with zero attached hydrogens (tertiary/aromatic N) is 1. The molecule has 84 valence electrons. The molecule has 0 radical (unpaired) electrons. The first-order valence-electron chi connectivity index (χ1n) is 5.21. The van der Waals surface area contributed by atoms with Crippen molar-refractivity contribution in [1.82, 2.24) is 4.98 Å². The summed E-state index contributed by atoms with van der Waals surface area (Å²) in [6, 6.07) is 3.62. The first-order valence-corrected chi connectivity index (χ1v) is 6.19. The van der Waals surface area contributed by atoms with Crippen molar-refractivity contribution < 1.29 is 4.74 Å². The summed E-state index contributed by atoms with van der Waals surface area (Å²) in [5, 5.41) is 0.880. The highest BCUT2D eigenvalue weighted by molar-refractivity contribution is 7.99. The van der Waals surface area contributed by atoms with Crippen LogP contribution >= 0.6 is 11.8 Å². The fourth-order valence-electron chi connectivity index (χ4n) is 1.18. The monoisotopic (exact) mass is 226 g/mol. The van der Waals surface area contributed by atoms with Crippen LogP contribution < -0.4 is 10.5 Å². The minimum atomic E-state index is 0.627. The average molecular weight is 226 g/mol. The lowest BCUT2D eigenvalue weighted by atomic mass is 10.3. The fraction of sp³-hybridized carbons (Fsp3) is 0.545. The van der Waals surface area contributed by atoms with Gasteiger partial charge >= 0.3 is 0 Å². The molecule has 0 aliphatic rings.